The first kappa shape index (κ1) is 12.1. The Morgan fingerprint density at radius 2 is 2.50 bits per heavy atom. The average Bonchev–Trinajstić information content (AvgIpc) is 2.31. The molecule has 5 nitrogen and oxygen atoms in total. The van der Waals surface area contributed by atoms with Crippen LogP contribution in [0.4, 0.5) is 0 Å². The van der Waals surface area contributed by atoms with Crippen LogP contribution in [0.25, 0.3) is 16.5 Å². The number of nitriles is 1. The molecule has 0 radical (unpaired) electrons. The number of hydrogen-bond donors (Lipinski definition) is 0. The highest BCUT2D eigenvalue weighted by Gasteiger charge is 1.99. The summed E-state index contributed by atoms with van der Waals surface area (Å²) in [4.78, 5) is 6.51. The van der Waals surface area contributed by atoms with Crippen LogP contribution < -0.4 is 0 Å². The van der Waals surface area contributed by atoms with Gasteiger partial charge in [0.1, 0.15) is 11.2 Å². The van der Waals surface area contributed by atoms with Gasteiger partial charge in [0.2, 0.25) is 0 Å². The number of hydrogen-bond acceptors (Lipinski definition) is 3. The molecule has 16 heavy (non-hydrogen) atoms. The molecule has 0 N–H and O–H groups in total. The third-order valence-electron chi connectivity index (χ3n) is 1.75. The van der Waals surface area contributed by atoms with Gasteiger partial charge in [-0.25, -0.2) is 4.98 Å². The molecule has 1 heterocycles. The first-order chi connectivity index (χ1) is 7.77. The van der Waals surface area contributed by atoms with Gasteiger partial charge in [-0.15, -0.1) is 0 Å². The molecule has 6 heteroatoms. The molecule has 0 amide bonds. The maximum atomic E-state index is 8.68. The predicted octanol–water partition coefficient (Wildman–Crippen LogP) is 3.32. The SMILES string of the molecule is N#Cc1cnc(Cl)c(C=CCCN=[N+]=[N-])c1. The third kappa shape index (κ3) is 3.62. The zero-order valence-electron chi connectivity index (χ0n) is 8.34. The summed E-state index contributed by atoms with van der Waals surface area (Å²) < 4.78 is 0. The molecule has 0 bridgehead atoms. The fourth-order valence-electron chi connectivity index (χ4n) is 1.03. The predicted molar refractivity (Wildman–Crippen MR) is 61.6 cm³/mol. The lowest BCUT2D eigenvalue weighted by molar-refractivity contribution is 0.995. The molecule has 0 unspecified atom stereocenters. The molecule has 0 saturated carbocycles. The summed E-state index contributed by atoms with van der Waals surface area (Å²) in [6, 6.07) is 3.64. The molecule has 0 aliphatic carbocycles. The number of pyridine rings is 1. The molecular weight excluding hydrogens is 226 g/mol. The topological polar surface area (TPSA) is 85.4 Å². The molecule has 0 saturated heterocycles. The van der Waals surface area contributed by atoms with E-state index in [1.165, 1.54) is 6.20 Å². The minimum atomic E-state index is 0.346. The van der Waals surface area contributed by atoms with Crippen molar-refractivity contribution in [3.8, 4) is 6.07 Å². The van der Waals surface area contributed by atoms with Crippen molar-refractivity contribution in [2.75, 3.05) is 6.54 Å². The average molecular weight is 234 g/mol. The van der Waals surface area contributed by atoms with Crippen LogP contribution in [0.1, 0.15) is 17.5 Å². The van der Waals surface area contributed by atoms with E-state index in [1.54, 1.807) is 12.1 Å². The summed E-state index contributed by atoms with van der Waals surface area (Å²) >= 11 is 5.84. The smallest absolute Gasteiger partial charge is 0.136 e. The standard InChI is InChI=1S/C10H8ClN5/c11-10-9(3-1-2-4-15-16-13)5-8(6-12)7-14-10/h1,3,5,7H,2,4H2. The molecule has 0 spiro atoms. The van der Waals surface area contributed by atoms with Crippen molar-refractivity contribution in [2.45, 2.75) is 6.42 Å². The second-order valence-corrected chi connectivity index (χ2v) is 3.22. The third-order valence-corrected chi connectivity index (χ3v) is 2.07. The Bertz CT molecular complexity index is 482. The van der Waals surface area contributed by atoms with Crippen LogP contribution in [0.3, 0.4) is 0 Å². The van der Waals surface area contributed by atoms with E-state index in [1.807, 2.05) is 12.1 Å². The van der Waals surface area contributed by atoms with Crippen molar-refractivity contribution >= 4 is 17.7 Å². The van der Waals surface area contributed by atoms with Gasteiger partial charge < -0.3 is 0 Å². The fourth-order valence-corrected chi connectivity index (χ4v) is 1.20. The Morgan fingerprint density at radius 3 is 3.19 bits per heavy atom. The molecule has 0 aliphatic rings. The van der Waals surface area contributed by atoms with E-state index in [9.17, 15) is 0 Å². The van der Waals surface area contributed by atoms with Gasteiger partial charge >= 0.3 is 0 Å². The molecule has 0 aromatic carbocycles. The van der Waals surface area contributed by atoms with Gasteiger partial charge in [0.25, 0.3) is 0 Å². The minimum Gasteiger partial charge on any atom is -0.243 e. The Kier molecular flexibility index (Phi) is 4.87. The highest BCUT2D eigenvalue weighted by atomic mass is 35.5. The van der Waals surface area contributed by atoms with Crippen LogP contribution in [0.2, 0.25) is 5.15 Å². The van der Waals surface area contributed by atoms with Gasteiger partial charge in [-0.1, -0.05) is 28.9 Å². The maximum absolute atomic E-state index is 8.68. The van der Waals surface area contributed by atoms with Crippen LogP contribution in [-0.4, -0.2) is 11.5 Å². The van der Waals surface area contributed by atoms with Gasteiger partial charge in [0, 0.05) is 23.2 Å². The Balaban J connectivity index is 2.72. The van der Waals surface area contributed by atoms with E-state index in [0.717, 1.165) is 0 Å². The highest BCUT2D eigenvalue weighted by molar-refractivity contribution is 6.30. The number of halogens is 1. The molecule has 1 rings (SSSR count). The molecule has 1 aromatic heterocycles. The van der Waals surface area contributed by atoms with E-state index in [-0.39, 0.29) is 0 Å². The maximum Gasteiger partial charge on any atom is 0.136 e. The first-order valence-electron chi connectivity index (χ1n) is 4.51. The zero-order chi connectivity index (χ0) is 11.8. The number of nitrogens with zero attached hydrogens (tertiary/aromatic N) is 5. The lowest BCUT2D eigenvalue weighted by Gasteiger charge is -1.97. The van der Waals surface area contributed by atoms with E-state index in [0.29, 0.717) is 29.2 Å². The lowest BCUT2D eigenvalue weighted by atomic mass is 10.2. The van der Waals surface area contributed by atoms with Gasteiger partial charge in [-0.05, 0) is 18.0 Å². The molecule has 1 aromatic rings. The fraction of sp³-hybridized carbons (Fsp3) is 0.200. The zero-order valence-corrected chi connectivity index (χ0v) is 9.09. The first-order valence-corrected chi connectivity index (χ1v) is 4.88. The van der Waals surface area contributed by atoms with Crippen LogP contribution in [-0.2, 0) is 0 Å². The van der Waals surface area contributed by atoms with Gasteiger partial charge in [0.05, 0.1) is 5.56 Å². The van der Waals surface area contributed by atoms with Crippen molar-refractivity contribution in [1.29, 1.82) is 5.26 Å². The van der Waals surface area contributed by atoms with Crippen LogP contribution >= 0.6 is 11.6 Å². The Labute approximate surface area is 97.6 Å². The van der Waals surface area contributed by atoms with Crippen LogP contribution in [0.5, 0.6) is 0 Å². The number of rotatable bonds is 4. The van der Waals surface area contributed by atoms with Gasteiger partial charge in [-0.3, -0.25) is 0 Å². The van der Waals surface area contributed by atoms with Crippen molar-refractivity contribution in [1.82, 2.24) is 4.98 Å². The second-order valence-electron chi connectivity index (χ2n) is 2.86. The molecule has 0 aliphatic heterocycles. The van der Waals surface area contributed by atoms with Gasteiger partial charge in [-0.2, -0.15) is 5.26 Å². The van der Waals surface area contributed by atoms with Crippen molar-refractivity contribution < 1.29 is 0 Å². The van der Waals surface area contributed by atoms with Crippen LogP contribution in [0, 0.1) is 11.3 Å². The number of azide groups is 1. The normalized spacial score (nSPS) is 9.75. The molecular formula is C10H8ClN5. The van der Waals surface area contributed by atoms with E-state index in [2.05, 4.69) is 15.0 Å². The van der Waals surface area contributed by atoms with E-state index < -0.39 is 0 Å². The van der Waals surface area contributed by atoms with Crippen molar-refractivity contribution in [2.24, 2.45) is 5.11 Å². The van der Waals surface area contributed by atoms with Crippen molar-refractivity contribution in [3.63, 3.8) is 0 Å². The molecule has 0 atom stereocenters. The summed E-state index contributed by atoms with van der Waals surface area (Å²) in [5, 5.41) is 12.4. The Morgan fingerprint density at radius 1 is 1.69 bits per heavy atom. The van der Waals surface area contributed by atoms with Crippen LogP contribution in [0.15, 0.2) is 23.5 Å². The quantitative estimate of drug-likeness (QED) is 0.263. The van der Waals surface area contributed by atoms with E-state index >= 15 is 0 Å². The minimum absolute atomic E-state index is 0.346. The van der Waals surface area contributed by atoms with Crippen molar-refractivity contribution in [3.05, 3.63) is 45.1 Å². The van der Waals surface area contributed by atoms with E-state index in [4.69, 9.17) is 22.4 Å². The summed E-state index contributed by atoms with van der Waals surface area (Å²) in [5.41, 5.74) is 9.20. The summed E-state index contributed by atoms with van der Waals surface area (Å²) in [7, 11) is 0. The van der Waals surface area contributed by atoms with Gasteiger partial charge in [0.15, 0.2) is 0 Å². The second kappa shape index (κ2) is 6.46. The summed E-state index contributed by atoms with van der Waals surface area (Å²) in [5.74, 6) is 0. The highest BCUT2D eigenvalue weighted by Crippen LogP contribution is 2.15. The Hall–Kier alpha value is -2.02. The monoisotopic (exact) mass is 233 g/mol. The summed E-state index contributed by atoms with van der Waals surface area (Å²) in [6.07, 6.45) is 5.61. The molecule has 80 valence electrons. The lowest BCUT2D eigenvalue weighted by Crippen LogP contribution is -1.84. The largest absolute Gasteiger partial charge is 0.243 e. The molecule has 0 fully saturated rings. The summed E-state index contributed by atoms with van der Waals surface area (Å²) in [6.45, 7) is 0.399. The number of aromatic nitrogens is 1.